The molecule has 1 unspecified atom stereocenters. The molecule has 1 atom stereocenters. The number of ether oxygens (including phenoxy) is 1. The van der Waals surface area contributed by atoms with Crippen LogP contribution in [-0.2, 0) is 4.74 Å². The molecule has 18 heavy (non-hydrogen) atoms. The number of anilines is 1. The highest BCUT2D eigenvalue weighted by Gasteiger charge is 2.18. The van der Waals surface area contributed by atoms with Gasteiger partial charge >= 0.3 is 0 Å². The molecular formula is C12H20N4O2. The van der Waals surface area contributed by atoms with Crippen LogP contribution in [0.2, 0.25) is 0 Å². The van der Waals surface area contributed by atoms with Gasteiger partial charge in [0.05, 0.1) is 12.6 Å². The minimum atomic E-state index is -0.157. The van der Waals surface area contributed by atoms with Crippen LogP contribution in [0.25, 0.3) is 0 Å². The van der Waals surface area contributed by atoms with Gasteiger partial charge < -0.3 is 15.0 Å². The predicted molar refractivity (Wildman–Crippen MR) is 69.6 cm³/mol. The normalized spacial score (nSPS) is 12.0. The van der Waals surface area contributed by atoms with Crippen LogP contribution < -0.4 is 5.32 Å². The second-order valence-corrected chi connectivity index (χ2v) is 4.05. The van der Waals surface area contributed by atoms with E-state index in [2.05, 4.69) is 15.5 Å². The number of nitrogens with one attached hydrogen (secondary N) is 1. The maximum Gasteiger partial charge on any atom is 0.274 e. The van der Waals surface area contributed by atoms with Crippen molar-refractivity contribution in [1.82, 2.24) is 15.1 Å². The van der Waals surface area contributed by atoms with Gasteiger partial charge in [0.25, 0.3) is 5.91 Å². The minimum Gasteiger partial charge on any atom is -0.383 e. The molecule has 0 aromatic carbocycles. The molecule has 0 aliphatic rings. The van der Waals surface area contributed by atoms with E-state index in [-0.39, 0.29) is 11.9 Å². The molecule has 1 aromatic rings. The first kappa shape index (κ1) is 14.4. The molecule has 0 aliphatic heterocycles. The van der Waals surface area contributed by atoms with Gasteiger partial charge in [-0.3, -0.25) is 4.79 Å². The number of likely N-dealkylation sites (N-methyl/N-ethyl adjacent to an activating group) is 1. The summed E-state index contributed by atoms with van der Waals surface area (Å²) in [5.41, 5.74) is 0.335. The number of aromatic nitrogens is 2. The SMILES string of the molecule is CCNc1ccc(C(=O)N(C)C(C)COC)nn1. The van der Waals surface area contributed by atoms with E-state index in [1.807, 2.05) is 13.8 Å². The van der Waals surface area contributed by atoms with Crippen molar-refractivity contribution in [3.8, 4) is 0 Å². The standard InChI is InChI=1S/C12H20N4O2/c1-5-13-11-7-6-10(14-15-11)12(17)16(3)9(2)8-18-4/h6-7,9H,5,8H2,1-4H3,(H,13,15). The Balaban J connectivity index is 2.71. The van der Waals surface area contributed by atoms with Crippen molar-refractivity contribution in [2.24, 2.45) is 0 Å². The van der Waals surface area contributed by atoms with Crippen molar-refractivity contribution in [3.05, 3.63) is 17.8 Å². The second-order valence-electron chi connectivity index (χ2n) is 4.05. The van der Waals surface area contributed by atoms with E-state index in [1.165, 1.54) is 0 Å². The van der Waals surface area contributed by atoms with Gasteiger partial charge in [-0.05, 0) is 26.0 Å². The second kappa shape index (κ2) is 6.90. The smallest absolute Gasteiger partial charge is 0.274 e. The fraction of sp³-hybridized carbons (Fsp3) is 0.583. The third-order valence-electron chi connectivity index (χ3n) is 2.63. The lowest BCUT2D eigenvalue weighted by Crippen LogP contribution is -2.38. The van der Waals surface area contributed by atoms with Crippen LogP contribution in [0, 0.1) is 0 Å². The van der Waals surface area contributed by atoms with E-state index in [0.717, 1.165) is 6.54 Å². The highest BCUT2D eigenvalue weighted by Crippen LogP contribution is 2.06. The number of amides is 1. The van der Waals surface area contributed by atoms with Gasteiger partial charge in [0.15, 0.2) is 5.69 Å². The summed E-state index contributed by atoms with van der Waals surface area (Å²) in [4.78, 5) is 13.7. The summed E-state index contributed by atoms with van der Waals surface area (Å²) in [7, 11) is 3.34. The maximum atomic E-state index is 12.1. The van der Waals surface area contributed by atoms with E-state index in [4.69, 9.17) is 4.74 Å². The number of carbonyl (C=O) groups excluding carboxylic acids is 1. The molecule has 1 heterocycles. The monoisotopic (exact) mass is 252 g/mol. The van der Waals surface area contributed by atoms with Gasteiger partial charge in [-0.25, -0.2) is 0 Å². The fourth-order valence-electron chi connectivity index (χ4n) is 1.46. The average Bonchev–Trinajstić information content (AvgIpc) is 2.38. The van der Waals surface area contributed by atoms with E-state index in [9.17, 15) is 4.79 Å². The summed E-state index contributed by atoms with van der Waals surface area (Å²) in [5, 5.41) is 10.9. The Labute approximate surface area is 107 Å². The van der Waals surface area contributed by atoms with E-state index in [0.29, 0.717) is 18.1 Å². The van der Waals surface area contributed by atoms with Gasteiger partial charge in [-0.1, -0.05) is 0 Å². The van der Waals surface area contributed by atoms with Crippen LogP contribution >= 0.6 is 0 Å². The lowest BCUT2D eigenvalue weighted by atomic mass is 10.2. The Kier molecular flexibility index (Phi) is 5.51. The average molecular weight is 252 g/mol. The van der Waals surface area contributed by atoms with Crippen LogP contribution in [-0.4, -0.2) is 54.4 Å². The van der Waals surface area contributed by atoms with Crippen LogP contribution in [0.3, 0.4) is 0 Å². The Morgan fingerprint density at radius 1 is 1.50 bits per heavy atom. The van der Waals surface area contributed by atoms with Crippen molar-refractivity contribution >= 4 is 11.7 Å². The first-order chi connectivity index (χ1) is 8.60. The third-order valence-corrected chi connectivity index (χ3v) is 2.63. The quantitative estimate of drug-likeness (QED) is 0.818. The molecule has 0 saturated carbocycles. The molecule has 0 saturated heterocycles. The summed E-state index contributed by atoms with van der Waals surface area (Å²) < 4.78 is 5.02. The van der Waals surface area contributed by atoms with E-state index < -0.39 is 0 Å². The number of hydrogen-bond acceptors (Lipinski definition) is 5. The Morgan fingerprint density at radius 2 is 2.22 bits per heavy atom. The van der Waals surface area contributed by atoms with Gasteiger partial charge in [0.2, 0.25) is 0 Å². The summed E-state index contributed by atoms with van der Waals surface area (Å²) in [6.45, 7) is 5.15. The van der Waals surface area contributed by atoms with Crippen LogP contribution in [0.5, 0.6) is 0 Å². The molecule has 0 bridgehead atoms. The summed E-state index contributed by atoms with van der Waals surface area (Å²) >= 11 is 0. The Bertz CT molecular complexity index is 380. The van der Waals surface area contributed by atoms with Crippen LogP contribution in [0.4, 0.5) is 5.82 Å². The minimum absolute atomic E-state index is 0.00209. The molecule has 1 aromatic heterocycles. The lowest BCUT2D eigenvalue weighted by Gasteiger charge is -2.23. The van der Waals surface area contributed by atoms with Crippen molar-refractivity contribution in [3.63, 3.8) is 0 Å². The van der Waals surface area contributed by atoms with Gasteiger partial charge in [0.1, 0.15) is 5.82 Å². The molecular weight excluding hydrogens is 232 g/mol. The highest BCUT2D eigenvalue weighted by molar-refractivity contribution is 5.92. The molecule has 100 valence electrons. The first-order valence-corrected chi connectivity index (χ1v) is 5.93. The largest absolute Gasteiger partial charge is 0.383 e. The molecule has 1 N–H and O–H groups in total. The maximum absolute atomic E-state index is 12.1. The first-order valence-electron chi connectivity index (χ1n) is 5.93. The zero-order chi connectivity index (χ0) is 13.5. The lowest BCUT2D eigenvalue weighted by molar-refractivity contribution is 0.0627. The van der Waals surface area contributed by atoms with E-state index >= 15 is 0 Å². The number of carbonyl (C=O) groups is 1. The molecule has 0 aliphatic carbocycles. The molecule has 0 radical (unpaired) electrons. The molecule has 6 nitrogen and oxygen atoms in total. The topological polar surface area (TPSA) is 67.4 Å². The van der Waals surface area contributed by atoms with Crippen LogP contribution in [0.1, 0.15) is 24.3 Å². The van der Waals surface area contributed by atoms with Crippen molar-refractivity contribution in [1.29, 1.82) is 0 Å². The number of methoxy groups -OCH3 is 1. The van der Waals surface area contributed by atoms with Gasteiger partial charge in [0, 0.05) is 20.7 Å². The fourth-order valence-corrected chi connectivity index (χ4v) is 1.46. The van der Waals surface area contributed by atoms with Gasteiger partial charge in [-0.2, -0.15) is 0 Å². The Hall–Kier alpha value is -1.69. The van der Waals surface area contributed by atoms with Gasteiger partial charge in [-0.15, -0.1) is 10.2 Å². The zero-order valence-electron chi connectivity index (χ0n) is 11.3. The third kappa shape index (κ3) is 3.66. The number of hydrogen-bond donors (Lipinski definition) is 1. The summed E-state index contributed by atoms with van der Waals surface area (Å²) in [6, 6.07) is 3.42. The van der Waals surface area contributed by atoms with E-state index in [1.54, 1.807) is 31.2 Å². The Morgan fingerprint density at radius 3 is 2.72 bits per heavy atom. The summed E-state index contributed by atoms with van der Waals surface area (Å²) in [6.07, 6.45) is 0. The van der Waals surface area contributed by atoms with Crippen LogP contribution in [0.15, 0.2) is 12.1 Å². The molecule has 1 amide bonds. The molecule has 1 rings (SSSR count). The molecule has 0 spiro atoms. The van der Waals surface area contributed by atoms with Crippen molar-refractivity contribution in [2.75, 3.05) is 32.6 Å². The molecule has 6 heteroatoms. The predicted octanol–water partition coefficient (Wildman–Crippen LogP) is 1.02. The highest BCUT2D eigenvalue weighted by atomic mass is 16.5. The molecule has 0 fully saturated rings. The number of nitrogens with zero attached hydrogens (tertiary/aromatic N) is 3. The zero-order valence-corrected chi connectivity index (χ0v) is 11.3. The van der Waals surface area contributed by atoms with Crippen molar-refractivity contribution in [2.45, 2.75) is 19.9 Å². The number of rotatable bonds is 6. The summed E-state index contributed by atoms with van der Waals surface area (Å²) in [5.74, 6) is 0.511. The van der Waals surface area contributed by atoms with Crippen molar-refractivity contribution < 1.29 is 9.53 Å².